The molecule has 1 fully saturated rings. The zero-order valence-corrected chi connectivity index (χ0v) is 24.5. The van der Waals surface area contributed by atoms with Crippen molar-refractivity contribution in [2.45, 2.75) is 45.2 Å². The predicted octanol–water partition coefficient (Wildman–Crippen LogP) is 6.40. The molecule has 0 radical (unpaired) electrons. The molecule has 9 heteroatoms. The number of rotatable bonds is 4. The number of ether oxygens (including phenoxy) is 3. The maximum atomic E-state index is 13.7. The lowest BCUT2D eigenvalue weighted by molar-refractivity contribution is -0.145. The van der Waals surface area contributed by atoms with E-state index in [0.29, 0.717) is 41.4 Å². The summed E-state index contributed by atoms with van der Waals surface area (Å²) in [4.78, 5) is 28.4. The molecule has 4 heterocycles. The Kier molecular flexibility index (Phi) is 6.57. The molecule has 1 aromatic heterocycles. The first-order chi connectivity index (χ1) is 19.6. The zero-order chi connectivity index (χ0) is 29.1. The minimum absolute atomic E-state index is 0.0226. The molecule has 0 unspecified atom stereocenters. The molecule has 212 valence electrons. The van der Waals surface area contributed by atoms with Crippen LogP contribution in [-0.4, -0.2) is 54.2 Å². The van der Waals surface area contributed by atoms with Gasteiger partial charge in [-0.3, -0.25) is 4.79 Å². The highest BCUT2D eigenvalue weighted by atomic mass is 32.1. The van der Waals surface area contributed by atoms with Crippen molar-refractivity contribution in [2.75, 3.05) is 26.1 Å². The molecule has 1 amide bonds. The number of thiophene rings is 1. The molecule has 0 aliphatic carbocycles. The number of methoxy groups -OCH3 is 2. The molecule has 2 aromatic carbocycles. The number of esters is 1. The lowest BCUT2D eigenvalue weighted by Gasteiger charge is -2.35. The van der Waals surface area contributed by atoms with Crippen molar-refractivity contribution in [1.82, 2.24) is 4.90 Å². The molecular formula is C32H32N2O6S. The number of anilines is 1. The number of carbonyl (C=O) groups excluding carboxylic acids is 2. The van der Waals surface area contributed by atoms with E-state index >= 15 is 0 Å². The van der Waals surface area contributed by atoms with Gasteiger partial charge in [0.1, 0.15) is 17.6 Å². The molecule has 41 heavy (non-hydrogen) atoms. The van der Waals surface area contributed by atoms with Gasteiger partial charge in [0.05, 0.1) is 30.9 Å². The molecule has 3 aliphatic rings. The van der Waals surface area contributed by atoms with Crippen molar-refractivity contribution in [3.05, 3.63) is 63.4 Å². The van der Waals surface area contributed by atoms with Gasteiger partial charge in [0, 0.05) is 33.8 Å². The summed E-state index contributed by atoms with van der Waals surface area (Å²) < 4.78 is 17.1. The van der Waals surface area contributed by atoms with Crippen LogP contribution in [0.15, 0.2) is 41.8 Å². The van der Waals surface area contributed by atoms with Gasteiger partial charge in [-0.05, 0) is 74.9 Å². The molecule has 1 atom stereocenters. The van der Waals surface area contributed by atoms with E-state index in [9.17, 15) is 14.7 Å². The van der Waals surface area contributed by atoms with Gasteiger partial charge in [0.25, 0.3) is 5.91 Å². The van der Waals surface area contributed by atoms with E-state index in [0.717, 1.165) is 39.2 Å². The number of nitrogens with zero attached hydrogens (tertiary/aromatic N) is 1. The van der Waals surface area contributed by atoms with E-state index in [1.54, 1.807) is 23.1 Å². The predicted molar refractivity (Wildman–Crippen MR) is 160 cm³/mol. The molecule has 0 saturated carbocycles. The number of hydrogen-bond acceptors (Lipinski definition) is 8. The van der Waals surface area contributed by atoms with Gasteiger partial charge >= 0.3 is 5.97 Å². The summed E-state index contributed by atoms with van der Waals surface area (Å²) in [6, 6.07) is 8.54. The summed E-state index contributed by atoms with van der Waals surface area (Å²) in [5, 5.41) is 16.1. The highest BCUT2D eigenvalue weighted by molar-refractivity contribution is 7.11. The smallest absolute Gasteiger partial charge is 0.328 e. The Labute approximate surface area is 242 Å². The minimum atomic E-state index is -0.583. The summed E-state index contributed by atoms with van der Waals surface area (Å²) in [6.07, 6.45) is 5.41. The first-order valence-corrected chi connectivity index (χ1v) is 14.4. The zero-order valence-electron chi connectivity index (χ0n) is 23.7. The van der Waals surface area contributed by atoms with Gasteiger partial charge in [-0.2, -0.15) is 0 Å². The Bertz CT molecular complexity index is 1650. The number of fused-ring (bicyclic) bond motifs is 5. The van der Waals surface area contributed by atoms with E-state index in [1.807, 2.05) is 23.6 Å². The maximum Gasteiger partial charge on any atom is 0.328 e. The molecular weight excluding hydrogens is 540 g/mol. The number of nitrogens with one attached hydrogen (secondary N) is 1. The lowest BCUT2D eigenvalue weighted by atomic mass is 9.83. The van der Waals surface area contributed by atoms with E-state index in [4.69, 9.17) is 14.2 Å². The number of allylic oxidation sites excluding steroid dienone is 1. The molecule has 0 bridgehead atoms. The van der Waals surface area contributed by atoms with Crippen LogP contribution < -0.4 is 14.8 Å². The van der Waals surface area contributed by atoms with Crippen LogP contribution in [0.5, 0.6) is 17.2 Å². The number of benzene rings is 2. The highest BCUT2D eigenvalue weighted by Gasteiger charge is 2.37. The molecule has 8 nitrogen and oxygen atoms in total. The number of phenolic OH excluding ortho intramolecular Hbond substituents is 1. The van der Waals surface area contributed by atoms with Gasteiger partial charge in [-0.1, -0.05) is 12.1 Å². The summed E-state index contributed by atoms with van der Waals surface area (Å²) in [7, 11) is 2.87. The average molecular weight is 573 g/mol. The third-order valence-corrected chi connectivity index (χ3v) is 8.71. The number of likely N-dealkylation sites (tertiary alicyclic amines) is 1. The Morgan fingerprint density at radius 1 is 1.15 bits per heavy atom. The van der Waals surface area contributed by atoms with Crippen LogP contribution in [0.3, 0.4) is 0 Å². The van der Waals surface area contributed by atoms with Gasteiger partial charge in [0.2, 0.25) is 0 Å². The molecule has 0 spiro atoms. The second-order valence-corrected chi connectivity index (χ2v) is 12.0. The normalized spacial score (nSPS) is 19.3. The number of hydrogen-bond donors (Lipinski definition) is 2. The summed E-state index contributed by atoms with van der Waals surface area (Å²) in [5.41, 5.74) is 5.67. The van der Waals surface area contributed by atoms with Crippen LogP contribution in [0.25, 0.3) is 28.5 Å². The van der Waals surface area contributed by atoms with Crippen molar-refractivity contribution in [3.63, 3.8) is 0 Å². The first-order valence-electron chi connectivity index (χ1n) is 13.5. The molecule has 1 saturated heterocycles. The number of phenols is 1. The van der Waals surface area contributed by atoms with Crippen molar-refractivity contribution in [3.8, 4) is 28.4 Å². The van der Waals surface area contributed by atoms with Crippen molar-refractivity contribution in [2.24, 2.45) is 0 Å². The van der Waals surface area contributed by atoms with E-state index in [1.165, 1.54) is 25.6 Å². The topological polar surface area (TPSA) is 97.3 Å². The molecule has 2 N–H and O–H groups in total. The lowest BCUT2D eigenvalue weighted by Crippen LogP contribution is -2.41. The van der Waals surface area contributed by atoms with Crippen molar-refractivity contribution in [1.29, 1.82) is 0 Å². The first kappa shape index (κ1) is 27.0. The molecule has 3 aliphatic heterocycles. The Hall–Kier alpha value is -4.24. The summed E-state index contributed by atoms with van der Waals surface area (Å²) >= 11 is 1.43. The van der Waals surface area contributed by atoms with Crippen LogP contribution in [-0.2, 0) is 9.53 Å². The van der Waals surface area contributed by atoms with Crippen LogP contribution in [0.2, 0.25) is 0 Å². The van der Waals surface area contributed by atoms with Gasteiger partial charge in [0.15, 0.2) is 11.5 Å². The van der Waals surface area contributed by atoms with Crippen molar-refractivity contribution >= 4 is 46.3 Å². The fraction of sp³-hybridized carbons (Fsp3) is 0.312. The maximum absolute atomic E-state index is 13.7. The van der Waals surface area contributed by atoms with E-state index in [-0.39, 0.29) is 17.2 Å². The standard InChI is InChI=1S/C32H32N2O6S/c1-17-16-32(2,3)33-20-9-8-19-27(26(17)20)24(40-23-11-10-22(35)29(38-4)28(19)23)15-25-18(12-14-41-25)30(36)34-13-6-7-21(34)31(37)39-5/h8-12,14-16,21,33,35H,6-7,13H2,1-5H3/t21-/m0/s1. The third kappa shape index (κ3) is 4.44. The average Bonchev–Trinajstić information content (AvgIpc) is 3.61. The van der Waals surface area contributed by atoms with Crippen LogP contribution in [0, 0.1) is 0 Å². The Morgan fingerprint density at radius 2 is 1.95 bits per heavy atom. The van der Waals surface area contributed by atoms with Crippen LogP contribution in [0.4, 0.5) is 5.69 Å². The monoisotopic (exact) mass is 572 g/mol. The third-order valence-electron chi connectivity index (χ3n) is 7.85. The fourth-order valence-corrected chi connectivity index (χ4v) is 7.03. The quantitative estimate of drug-likeness (QED) is 0.349. The SMILES string of the molecule is COC(=O)[C@@H]1CCCN1C(=O)c1ccsc1C=C1Oc2ccc(O)c(OC)c2-c2ccc3c(c21)C(C)=CC(C)(C)N3. The van der Waals surface area contributed by atoms with Crippen molar-refractivity contribution < 1.29 is 28.9 Å². The van der Waals surface area contributed by atoms with E-state index < -0.39 is 12.0 Å². The van der Waals surface area contributed by atoms with Gasteiger partial charge < -0.3 is 29.5 Å². The number of amides is 1. The molecule has 6 rings (SSSR count). The van der Waals surface area contributed by atoms with Crippen LogP contribution >= 0.6 is 11.3 Å². The number of carbonyl (C=O) groups is 2. The van der Waals surface area contributed by atoms with Crippen LogP contribution in [0.1, 0.15) is 60.0 Å². The second-order valence-electron chi connectivity index (χ2n) is 11.1. The second kappa shape index (κ2) is 9.99. The molecule has 3 aromatic rings. The van der Waals surface area contributed by atoms with Gasteiger partial charge in [-0.25, -0.2) is 4.79 Å². The van der Waals surface area contributed by atoms with E-state index in [2.05, 4.69) is 32.2 Å². The fourth-order valence-electron chi connectivity index (χ4n) is 6.22. The summed E-state index contributed by atoms with van der Waals surface area (Å²) in [5.74, 6) is 0.877. The Balaban J connectivity index is 1.52. The largest absolute Gasteiger partial charge is 0.504 e. The summed E-state index contributed by atoms with van der Waals surface area (Å²) in [6.45, 7) is 6.81. The highest BCUT2D eigenvalue weighted by Crippen LogP contribution is 2.54. The minimum Gasteiger partial charge on any atom is -0.504 e. The van der Waals surface area contributed by atoms with Gasteiger partial charge in [-0.15, -0.1) is 11.3 Å². The Morgan fingerprint density at radius 3 is 2.71 bits per heavy atom. The number of aromatic hydroxyl groups is 1.